The first-order valence-corrected chi connectivity index (χ1v) is 6.99. The summed E-state index contributed by atoms with van der Waals surface area (Å²) in [5.41, 5.74) is -1.10. The first kappa shape index (κ1) is 18.5. The van der Waals surface area contributed by atoms with Gasteiger partial charge in [0.1, 0.15) is 29.7 Å². The number of hydrogen-bond donors (Lipinski definition) is 1. The van der Waals surface area contributed by atoms with Gasteiger partial charge in [-0.2, -0.15) is 29.0 Å². The van der Waals surface area contributed by atoms with E-state index in [1.807, 2.05) is 0 Å². The van der Waals surface area contributed by atoms with Gasteiger partial charge in [-0.1, -0.05) is 18.2 Å². The Hall–Kier alpha value is -3.83. The average Bonchev–Trinajstić information content (AvgIpc) is 2.62. The van der Waals surface area contributed by atoms with Crippen molar-refractivity contribution in [2.24, 2.45) is 0 Å². The van der Waals surface area contributed by atoms with E-state index in [0.29, 0.717) is 17.3 Å². The maximum Gasteiger partial charge on any atom is 0.419 e. The molecule has 4 nitrogen and oxygen atoms in total. The van der Waals surface area contributed by atoms with Crippen LogP contribution >= 0.6 is 0 Å². The zero-order valence-corrected chi connectivity index (χ0v) is 12.9. The molecule has 8 heteroatoms. The molecule has 0 heterocycles. The van der Waals surface area contributed by atoms with Gasteiger partial charge in [0.05, 0.1) is 5.56 Å². The van der Waals surface area contributed by atoms with E-state index in [4.69, 9.17) is 15.8 Å². The van der Waals surface area contributed by atoms with Crippen molar-refractivity contribution in [3.63, 3.8) is 0 Å². The number of halogens is 4. The van der Waals surface area contributed by atoms with Crippen LogP contribution in [0.25, 0.3) is 11.1 Å². The zero-order chi connectivity index (χ0) is 19.3. The molecule has 2 aromatic carbocycles. The van der Waals surface area contributed by atoms with Gasteiger partial charge in [0.25, 0.3) is 0 Å². The predicted octanol–water partition coefficient (Wildman–Crippen LogP) is 4.75. The molecule has 0 amide bonds. The zero-order valence-electron chi connectivity index (χ0n) is 12.9. The number of nitrogens with zero attached hydrogens (tertiary/aromatic N) is 3. The van der Waals surface area contributed by atoms with Gasteiger partial charge >= 0.3 is 6.18 Å². The van der Waals surface area contributed by atoms with Gasteiger partial charge < -0.3 is 5.32 Å². The van der Waals surface area contributed by atoms with Crippen molar-refractivity contribution in [1.82, 2.24) is 0 Å². The van der Waals surface area contributed by atoms with Gasteiger partial charge in [0.2, 0.25) is 0 Å². The van der Waals surface area contributed by atoms with Gasteiger partial charge in [-0.3, -0.25) is 0 Å². The molecule has 0 atom stereocenters. The second-order valence-electron chi connectivity index (χ2n) is 4.98. The molecule has 1 N–H and O–H groups in total. The van der Waals surface area contributed by atoms with Crippen molar-refractivity contribution in [2.75, 3.05) is 5.32 Å². The summed E-state index contributed by atoms with van der Waals surface area (Å²) < 4.78 is 51.7. The number of hydrogen-bond acceptors (Lipinski definition) is 4. The Morgan fingerprint density at radius 1 is 0.846 bits per heavy atom. The summed E-state index contributed by atoms with van der Waals surface area (Å²) in [5, 5.41) is 29.1. The topological polar surface area (TPSA) is 83.4 Å². The Kier molecular flexibility index (Phi) is 5.25. The molecule has 26 heavy (non-hydrogen) atoms. The maximum absolute atomic E-state index is 13.4. The molecule has 0 spiro atoms. The van der Waals surface area contributed by atoms with Crippen molar-refractivity contribution in [1.29, 1.82) is 15.8 Å². The summed E-state index contributed by atoms with van der Waals surface area (Å²) in [4.78, 5) is 0. The highest BCUT2D eigenvalue weighted by molar-refractivity contribution is 5.68. The summed E-state index contributed by atoms with van der Waals surface area (Å²) in [7, 11) is 0. The SMILES string of the molecule is N#CC(C#N)=C(C#N)Nc1ccc(-c2ccc(F)c(C(F)(F)F)c2)cc1. The number of nitriles is 3. The highest BCUT2D eigenvalue weighted by atomic mass is 19.4. The van der Waals surface area contributed by atoms with E-state index in [2.05, 4.69) is 5.32 Å². The minimum atomic E-state index is -4.81. The second-order valence-corrected chi connectivity index (χ2v) is 4.98. The van der Waals surface area contributed by atoms with E-state index in [1.54, 1.807) is 18.2 Å². The molecule has 0 fully saturated rings. The lowest BCUT2D eigenvalue weighted by molar-refractivity contribution is -0.139. The van der Waals surface area contributed by atoms with E-state index < -0.39 is 23.1 Å². The van der Waals surface area contributed by atoms with Gasteiger partial charge in [-0.05, 0) is 35.4 Å². The lowest BCUT2D eigenvalue weighted by atomic mass is 10.0. The number of anilines is 1. The van der Waals surface area contributed by atoms with E-state index in [-0.39, 0.29) is 11.3 Å². The molecule has 0 radical (unpaired) electrons. The predicted molar refractivity (Wildman–Crippen MR) is 84.3 cm³/mol. The number of alkyl halides is 3. The van der Waals surface area contributed by atoms with Crippen LogP contribution in [0.4, 0.5) is 23.2 Å². The Morgan fingerprint density at radius 2 is 1.42 bits per heavy atom. The minimum Gasteiger partial charge on any atom is -0.345 e. The Labute approximate surface area is 145 Å². The fraction of sp³-hybridized carbons (Fsp3) is 0.0556. The lowest BCUT2D eigenvalue weighted by Gasteiger charge is -2.11. The van der Waals surface area contributed by atoms with Crippen molar-refractivity contribution in [3.05, 3.63) is 65.1 Å². The number of rotatable bonds is 3. The molecule has 2 aromatic rings. The largest absolute Gasteiger partial charge is 0.419 e. The summed E-state index contributed by atoms with van der Waals surface area (Å²) in [6.45, 7) is 0. The van der Waals surface area contributed by atoms with Crippen LogP contribution in [0.5, 0.6) is 0 Å². The number of benzene rings is 2. The van der Waals surface area contributed by atoms with Crippen molar-refractivity contribution in [2.45, 2.75) is 6.18 Å². The smallest absolute Gasteiger partial charge is 0.345 e. The van der Waals surface area contributed by atoms with Crippen LogP contribution in [-0.4, -0.2) is 0 Å². The van der Waals surface area contributed by atoms with E-state index >= 15 is 0 Å². The highest BCUT2D eigenvalue weighted by Gasteiger charge is 2.34. The molecular weight excluding hydrogens is 348 g/mol. The summed E-state index contributed by atoms with van der Waals surface area (Å²) >= 11 is 0. The van der Waals surface area contributed by atoms with Gasteiger partial charge in [0.15, 0.2) is 5.57 Å². The molecule has 0 unspecified atom stereocenters. The van der Waals surface area contributed by atoms with Crippen molar-refractivity contribution in [3.8, 4) is 29.3 Å². The van der Waals surface area contributed by atoms with E-state index in [1.165, 1.54) is 30.3 Å². The molecule has 2 rings (SSSR count). The Balaban J connectivity index is 2.35. The lowest BCUT2D eigenvalue weighted by Crippen LogP contribution is -2.08. The molecule has 0 aliphatic heterocycles. The third kappa shape index (κ3) is 3.98. The van der Waals surface area contributed by atoms with Crippen LogP contribution in [0.3, 0.4) is 0 Å². The van der Waals surface area contributed by atoms with Crippen LogP contribution in [-0.2, 0) is 6.18 Å². The van der Waals surface area contributed by atoms with Gasteiger partial charge in [0, 0.05) is 5.69 Å². The first-order chi connectivity index (χ1) is 12.3. The number of allylic oxidation sites excluding steroid dienone is 2. The normalized spacial score (nSPS) is 10.2. The third-order valence-corrected chi connectivity index (χ3v) is 3.34. The fourth-order valence-electron chi connectivity index (χ4n) is 2.10. The van der Waals surface area contributed by atoms with Crippen LogP contribution in [0.15, 0.2) is 53.7 Å². The average molecular weight is 356 g/mol. The Bertz CT molecular complexity index is 968. The van der Waals surface area contributed by atoms with Crippen LogP contribution in [0, 0.1) is 39.8 Å². The quantitative estimate of drug-likeness (QED) is 0.635. The molecule has 0 saturated carbocycles. The van der Waals surface area contributed by atoms with Crippen molar-refractivity contribution >= 4 is 5.69 Å². The minimum absolute atomic E-state index is 0.163. The second kappa shape index (κ2) is 7.38. The van der Waals surface area contributed by atoms with Crippen LogP contribution in [0.1, 0.15) is 5.56 Å². The van der Waals surface area contributed by atoms with Gasteiger partial charge in [-0.25, -0.2) is 4.39 Å². The first-order valence-electron chi connectivity index (χ1n) is 6.99. The molecule has 0 aliphatic carbocycles. The molecule has 0 aliphatic rings. The van der Waals surface area contributed by atoms with Crippen LogP contribution in [0.2, 0.25) is 0 Å². The highest BCUT2D eigenvalue weighted by Crippen LogP contribution is 2.34. The molecule has 0 saturated heterocycles. The standard InChI is InChI=1S/C18H8F4N4/c19-16-6-3-12(7-15(16)18(20,21)22)11-1-4-14(5-2-11)26-17(10-25)13(8-23)9-24/h1-7,26H. The van der Waals surface area contributed by atoms with Crippen LogP contribution < -0.4 is 5.32 Å². The summed E-state index contributed by atoms with van der Waals surface area (Å²) in [6, 6.07) is 13.3. The monoisotopic (exact) mass is 356 g/mol. The van der Waals surface area contributed by atoms with E-state index in [0.717, 1.165) is 6.07 Å². The summed E-state index contributed by atoms with van der Waals surface area (Å²) in [6.07, 6.45) is -4.81. The molecule has 0 aromatic heterocycles. The summed E-state index contributed by atoms with van der Waals surface area (Å²) in [5.74, 6) is -1.36. The fourth-order valence-corrected chi connectivity index (χ4v) is 2.10. The maximum atomic E-state index is 13.4. The van der Waals surface area contributed by atoms with E-state index in [9.17, 15) is 17.6 Å². The molecular formula is C18H8F4N4. The van der Waals surface area contributed by atoms with Crippen molar-refractivity contribution < 1.29 is 17.6 Å². The third-order valence-electron chi connectivity index (χ3n) is 3.34. The molecule has 128 valence electrons. The van der Waals surface area contributed by atoms with Gasteiger partial charge in [-0.15, -0.1) is 0 Å². The Morgan fingerprint density at radius 3 is 1.92 bits per heavy atom. The molecule has 0 bridgehead atoms. The number of nitrogens with one attached hydrogen (secondary N) is 1.